The molecular formula is C52H36N6O3S. The number of aryl methyl sites for hydroxylation is 1. The van der Waals surface area contributed by atoms with Crippen molar-refractivity contribution in [1.82, 2.24) is 30.2 Å². The number of fused-ring (bicyclic) bond motifs is 10. The van der Waals surface area contributed by atoms with Gasteiger partial charge in [0.25, 0.3) is 10.0 Å². The molecule has 8 bridgehead atoms. The Kier molecular flexibility index (Phi) is 8.78. The number of carbonyl (C=O) groups excluding carboxylic acids is 1. The zero-order valence-electron chi connectivity index (χ0n) is 33.3. The molecule has 0 fully saturated rings. The first kappa shape index (κ1) is 37.1. The van der Waals surface area contributed by atoms with Crippen LogP contribution in [0.5, 0.6) is 0 Å². The van der Waals surface area contributed by atoms with Gasteiger partial charge in [-0.3, -0.25) is 4.79 Å². The van der Waals surface area contributed by atoms with Crippen LogP contribution >= 0.6 is 0 Å². The molecule has 0 radical (unpaired) electrons. The molecule has 0 spiro atoms. The van der Waals surface area contributed by atoms with Crippen molar-refractivity contribution in [3.8, 4) is 44.5 Å². The summed E-state index contributed by atoms with van der Waals surface area (Å²) in [7, 11) is -4.13. The van der Waals surface area contributed by atoms with Crippen molar-refractivity contribution in [1.29, 1.82) is 0 Å². The third-order valence-electron chi connectivity index (χ3n) is 11.5. The maximum Gasteiger partial charge on any atom is 0.257 e. The molecule has 10 heteroatoms. The molecule has 9 nitrogen and oxygen atoms in total. The Morgan fingerprint density at radius 2 is 0.952 bits per heavy atom. The van der Waals surface area contributed by atoms with E-state index in [1.54, 1.807) is 30.3 Å². The van der Waals surface area contributed by atoms with Gasteiger partial charge in [-0.2, -0.15) is 0 Å². The first-order chi connectivity index (χ1) is 30.3. The van der Waals surface area contributed by atoms with Gasteiger partial charge in [0, 0.05) is 49.9 Å². The molecule has 0 amide bonds. The van der Waals surface area contributed by atoms with Crippen LogP contribution in [-0.4, -0.2) is 34.1 Å². The molecule has 8 aromatic rings. The molecule has 2 aliphatic heterocycles. The van der Waals surface area contributed by atoms with Crippen molar-refractivity contribution < 1.29 is 13.2 Å². The third-order valence-corrected chi connectivity index (χ3v) is 12.8. The van der Waals surface area contributed by atoms with Crippen molar-refractivity contribution in [3.63, 3.8) is 0 Å². The third kappa shape index (κ3) is 6.20. The summed E-state index contributed by atoms with van der Waals surface area (Å²) in [6.45, 7) is 1.90. The van der Waals surface area contributed by atoms with E-state index in [4.69, 9.17) is 9.97 Å². The van der Waals surface area contributed by atoms with E-state index in [1.165, 1.54) is 0 Å². The van der Waals surface area contributed by atoms with Crippen LogP contribution in [0.25, 0.3) is 90.0 Å². The van der Waals surface area contributed by atoms with Gasteiger partial charge >= 0.3 is 0 Å². The van der Waals surface area contributed by atoms with Crippen molar-refractivity contribution in [2.24, 2.45) is 0 Å². The number of rotatable bonds is 7. The van der Waals surface area contributed by atoms with Crippen LogP contribution in [-0.2, 0) is 10.0 Å². The van der Waals surface area contributed by atoms with Gasteiger partial charge in [-0.25, -0.2) is 18.4 Å². The Hall–Kier alpha value is -7.92. The maximum absolute atomic E-state index is 15.0. The van der Waals surface area contributed by atoms with Gasteiger partial charge in [0.05, 0.1) is 38.9 Å². The molecule has 3 aliphatic rings. The summed E-state index contributed by atoms with van der Waals surface area (Å²) in [5.74, 6) is -0.288. The van der Waals surface area contributed by atoms with Gasteiger partial charge < -0.3 is 15.4 Å². The fraction of sp³-hybridized carbons (Fsp3) is 0.0192. The second-order valence-electron chi connectivity index (χ2n) is 15.4. The number of aromatic amines is 2. The summed E-state index contributed by atoms with van der Waals surface area (Å²) in [6, 6.07) is 52.2. The smallest absolute Gasteiger partial charge is 0.257 e. The number of allylic oxidation sites excluding steroid dienone is 1. The standard InChI is InChI=1S/C52H36N6O3S/c1-31-21-23-35(24-22-31)62(60,61)58-57-51-48-49-47(36-19-11-12-20-37(36)52(48)59)43-30-28-41(55-43)45(33-15-7-3-8-16-33)39-26-25-38(53-39)44(32-13-5-2-6-14-32)40-27-29-42(54-40)46(50(51)56-49)34-17-9-4-10-18-34/h2-30,54-55,57-58H,1H3. The molecule has 62 heavy (non-hydrogen) atoms. The minimum absolute atomic E-state index is 0.0683. The van der Waals surface area contributed by atoms with Crippen molar-refractivity contribution in [2.45, 2.75) is 11.8 Å². The van der Waals surface area contributed by atoms with Gasteiger partial charge in [0.2, 0.25) is 0 Å². The predicted octanol–water partition coefficient (Wildman–Crippen LogP) is 11.0. The summed E-state index contributed by atoms with van der Waals surface area (Å²) in [6.07, 6.45) is 4.12. The number of nitrogens with one attached hydrogen (secondary N) is 4. The molecule has 11 rings (SSSR count). The normalized spacial score (nSPS) is 13.0. The van der Waals surface area contributed by atoms with Crippen LogP contribution in [0.3, 0.4) is 0 Å². The minimum atomic E-state index is -4.13. The van der Waals surface area contributed by atoms with Crippen LogP contribution in [0.2, 0.25) is 0 Å². The van der Waals surface area contributed by atoms with Gasteiger partial charge in [-0.05, 0) is 77.7 Å². The Morgan fingerprint density at radius 3 is 1.50 bits per heavy atom. The van der Waals surface area contributed by atoms with Gasteiger partial charge in [-0.15, -0.1) is 4.83 Å². The van der Waals surface area contributed by atoms with E-state index in [0.717, 1.165) is 61.3 Å². The molecule has 0 atom stereocenters. The molecular weight excluding hydrogens is 789 g/mol. The van der Waals surface area contributed by atoms with Crippen LogP contribution in [0, 0.1) is 6.92 Å². The number of Topliss-reactive ketones (excluding diaryl/α,β-unsaturated/α-hetero) is 1. The molecule has 1 aliphatic carbocycles. The Balaban J connectivity index is 1.31. The quantitative estimate of drug-likeness (QED) is 0.118. The second kappa shape index (κ2) is 14.7. The highest BCUT2D eigenvalue weighted by molar-refractivity contribution is 7.89. The number of aromatic nitrogens is 4. The number of sulfonamides is 1. The number of hydrazine groups is 1. The number of hydrogen-bond donors (Lipinski definition) is 4. The van der Waals surface area contributed by atoms with Crippen LogP contribution in [0.15, 0.2) is 169 Å². The first-order valence-electron chi connectivity index (χ1n) is 20.2. The largest absolute Gasteiger partial charge is 0.354 e. The van der Waals surface area contributed by atoms with Gasteiger partial charge in [0.15, 0.2) is 5.78 Å². The van der Waals surface area contributed by atoms with E-state index in [0.29, 0.717) is 39.2 Å². The van der Waals surface area contributed by atoms with Crippen LogP contribution in [0.1, 0.15) is 38.7 Å². The number of hydrogen-bond acceptors (Lipinski definition) is 6. The van der Waals surface area contributed by atoms with Crippen molar-refractivity contribution in [3.05, 3.63) is 198 Å². The summed E-state index contributed by atoms with van der Waals surface area (Å²) in [5, 5.41) is 0. The highest BCUT2D eigenvalue weighted by Gasteiger charge is 2.37. The van der Waals surface area contributed by atoms with Gasteiger partial charge in [0.1, 0.15) is 0 Å². The summed E-state index contributed by atoms with van der Waals surface area (Å²) in [4.78, 5) is 35.9. The lowest BCUT2D eigenvalue weighted by Crippen LogP contribution is -2.36. The average molecular weight is 825 g/mol. The lowest BCUT2D eigenvalue weighted by atomic mass is 9.84. The van der Waals surface area contributed by atoms with E-state index >= 15 is 4.79 Å². The summed E-state index contributed by atoms with van der Waals surface area (Å²) >= 11 is 0. The molecule has 4 N–H and O–H groups in total. The van der Waals surface area contributed by atoms with Crippen molar-refractivity contribution in [2.75, 3.05) is 0 Å². The average Bonchev–Trinajstić information content (AvgIpc) is 4.14. The molecule has 0 saturated heterocycles. The van der Waals surface area contributed by atoms with Gasteiger partial charge in [-0.1, -0.05) is 133 Å². The first-order valence-corrected chi connectivity index (χ1v) is 21.7. The lowest BCUT2D eigenvalue weighted by Gasteiger charge is -2.19. The number of carbonyl (C=O) groups is 1. The van der Waals surface area contributed by atoms with Crippen LogP contribution in [0.4, 0.5) is 0 Å². The zero-order chi connectivity index (χ0) is 42.0. The monoisotopic (exact) mass is 824 g/mol. The summed E-state index contributed by atoms with van der Waals surface area (Å²) < 4.78 is 27.9. The molecule has 298 valence electrons. The molecule has 0 unspecified atom stereocenters. The van der Waals surface area contributed by atoms with Crippen LogP contribution < -0.4 is 10.3 Å². The fourth-order valence-corrected chi connectivity index (χ4v) is 9.47. The van der Waals surface area contributed by atoms with E-state index < -0.39 is 10.0 Å². The number of benzene rings is 5. The molecule has 0 saturated carbocycles. The molecule has 3 aromatic heterocycles. The molecule has 5 aromatic carbocycles. The predicted molar refractivity (Wildman–Crippen MR) is 247 cm³/mol. The lowest BCUT2D eigenvalue weighted by molar-refractivity contribution is 0.105. The van der Waals surface area contributed by atoms with E-state index in [1.807, 2.05) is 116 Å². The molecule has 5 heterocycles. The number of H-pyrrole nitrogens is 2. The van der Waals surface area contributed by atoms with E-state index in [9.17, 15) is 8.42 Å². The summed E-state index contributed by atoms with van der Waals surface area (Å²) in [5.41, 5.74) is 16.9. The zero-order valence-corrected chi connectivity index (χ0v) is 34.1. The van der Waals surface area contributed by atoms with E-state index in [2.05, 4.69) is 56.6 Å². The van der Waals surface area contributed by atoms with Crippen molar-refractivity contribution >= 4 is 61.3 Å². The SMILES string of the molecule is Cc1ccc(S(=O)(=O)NNC2=C3C(=O)c4ccccc4-c4c3nc2c(-c2ccccc2)c2ccc([nH]2)c(-c2ccccc2)c2nc(c(-c3ccccc3)c3ccc4[nH]3)C=C2)cc1. The highest BCUT2D eigenvalue weighted by Crippen LogP contribution is 2.47. The Labute approximate surface area is 357 Å². The fourth-order valence-electron chi connectivity index (χ4n) is 8.62. The Morgan fingerprint density at radius 1 is 0.484 bits per heavy atom. The maximum atomic E-state index is 15.0. The Bertz CT molecular complexity index is 3480. The highest BCUT2D eigenvalue weighted by atomic mass is 32.2. The topological polar surface area (TPSA) is 133 Å². The number of nitrogens with zero attached hydrogens (tertiary/aromatic N) is 2. The number of ketones is 1. The second-order valence-corrected chi connectivity index (χ2v) is 17.0. The minimum Gasteiger partial charge on any atom is -0.354 e. The van der Waals surface area contributed by atoms with E-state index in [-0.39, 0.29) is 21.9 Å².